The Morgan fingerprint density at radius 1 is 1.31 bits per heavy atom. The van der Waals surface area contributed by atoms with Crippen LogP contribution in [0.2, 0.25) is 0 Å². The SMILES string of the molecule is CCC(C)NC(=O)N[C@H](C)C(=O)O. The number of aliphatic carboxylic acids is 1. The molecule has 0 rings (SSSR count). The molecule has 0 aromatic carbocycles. The first-order valence-electron chi connectivity index (χ1n) is 4.27. The number of amides is 2. The van der Waals surface area contributed by atoms with Crippen LogP contribution in [0.4, 0.5) is 4.79 Å². The number of carbonyl (C=O) groups is 2. The maximum atomic E-state index is 11.0. The van der Waals surface area contributed by atoms with Crippen molar-refractivity contribution >= 4 is 12.0 Å². The first-order chi connectivity index (χ1) is 5.97. The number of nitrogens with one attached hydrogen (secondary N) is 2. The molecule has 5 nitrogen and oxygen atoms in total. The van der Waals surface area contributed by atoms with E-state index in [1.54, 1.807) is 0 Å². The monoisotopic (exact) mass is 188 g/mol. The molecule has 13 heavy (non-hydrogen) atoms. The van der Waals surface area contributed by atoms with Gasteiger partial charge in [-0.2, -0.15) is 0 Å². The Morgan fingerprint density at radius 2 is 1.85 bits per heavy atom. The number of carbonyl (C=O) groups excluding carboxylic acids is 1. The van der Waals surface area contributed by atoms with Gasteiger partial charge < -0.3 is 15.7 Å². The summed E-state index contributed by atoms with van der Waals surface area (Å²) >= 11 is 0. The molecule has 0 spiro atoms. The molecule has 0 aliphatic carbocycles. The van der Waals surface area contributed by atoms with Crippen molar-refractivity contribution in [2.24, 2.45) is 0 Å². The summed E-state index contributed by atoms with van der Waals surface area (Å²) in [7, 11) is 0. The van der Waals surface area contributed by atoms with Gasteiger partial charge in [0.1, 0.15) is 6.04 Å². The van der Waals surface area contributed by atoms with Gasteiger partial charge in [0, 0.05) is 6.04 Å². The van der Waals surface area contributed by atoms with Crippen LogP contribution in [0.25, 0.3) is 0 Å². The van der Waals surface area contributed by atoms with Crippen LogP contribution in [0, 0.1) is 0 Å². The van der Waals surface area contributed by atoms with E-state index >= 15 is 0 Å². The van der Waals surface area contributed by atoms with Crippen LogP contribution < -0.4 is 10.6 Å². The van der Waals surface area contributed by atoms with Gasteiger partial charge in [0.25, 0.3) is 0 Å². The van der Waals surface area contributed by atoms with Gasteiger partial charge >= 0.3 is 12.0 Å². The first kappa shape index (κ1) is 11.7. The fourth-order valence-corrected chi connectivity index (χ4v) is 0.626. The van der Waals surface area contributed by atoms with E-state index in [9.17, 15) is 9.59 Å². The van der Waals surface area contributed by atoms with Crippen LogP contribution in [0.5, 0.6) is 0 Å². The molecular weight excluding hydrogens is 172 g/mol. The van der Waals surface area contributed by atoms with Crippen molar-refractivity contribution in [3.05, 3.63) is 0 Å². The molecule has 0 bridgehead atoms. The predicted octanol–water partition coefficient (Wildman–Crippen LogP) is 0.557. The number of carboxylic acid groups (broad SMARTS) is 1. The highest BCUT2D eigenvalue weighted by Crippen LogP contribution is 1.88. The Kier molecular flexibility index (Phi) is 4.87. The third kappa shape index (κ3) is 5.05. The second-order valence-electron chi connectivity index (χ2n) is 2.99. The minimum absolute atomic E-state index is 0.0565. The first-order valence-corrected chi connectivity index (χ1v) is 4.27. The van der Waals surface area contributed by atoms with Crippen molar-refractivity contribution in [1.29, 1.82) is 0 Å². The molecule has 0 saturated carbocycles. The largest absolute Gasteiger partial charge is 0.480 e. The Labute approximate surface area is 77.5 Å². The minimum Gasteiger partial charge on any atom is -0.480 e. The fraction of sp³-hybridized carbons (Fsp3) is 0.750. The molecule has 0 radical (unpaired) electrons. The van der Waals surface area contributed by atoms with Gasteiger partial charge in [-0.3, -0.25) is 4.79 Å². The highest BCUT2D eigenvalue weighted by Gasteiger charge is 2.14. The summed E-state index contributed by atoms with van der Waals surface area (Å²) in [6.45, 7) is 5.20. The van der Waals surface area contributed by atoms with Crippen molar-refractivity contribution in [2.45, 2.75) is 39.3 Å². The van der Waals surface area contributed by atoms with Crippen molar-refractivity contribution in [3.8, 4) is 0 Å². The van der Waals surface area contributed by atoms with E-state index in [-0.39, 0.29) is 6.04 Å². The summed E-state index contributed by atoms with van der Waals surface area (Å²) in [5.41, 5.74) is 0. The maximum Gasteiger partial charge on any atom is 0.325 e. The van der Waals surface area contributed by atoms with Crippen molar-refractivity contribution in [2.75, 3.05) is 0 Å². The zero-order valence-corrected chi connectivity index (χ0v) is 8.13. The molecule has 0 aromatic rings. The topological polar surface area (TPSA) is 78.4 Å². The summed E-state index contributed by atoms with van der Waals surface area (Å²) < 4.78 is 0. The molecule has 76 valence electrons. The molecule has 2 atom stereocenters. The van der Waals surface area contributed by atoms with Crippen LogP contribution >= 0.6 is 0 Å². The molecular formula is C8H16N2O3. The highest BCUT2D eigenvalue weighted by molar-refractivity contribution is 5.82. The standard InChI is InChI=1S/C8H16N2O3/c1-4-5(2)9-8(13)10-6(3)7(11)12/h5-6H,4H2,1-3H3,(H,11,12)(H2,9,10,13)/t5?,6-/m1/s1. The van der Waals surface area contributed by atoms with Gasteiger partial charge in [0.05, 0.1) is 0 Å². The lowest BCUT2D eigenvalue weighted by Gasteiger charge is -2.14. The van der Waals surface area contributed by atoms with Gasteiger partial charge in [-0.15, -0.1) is 0 Å². The molecule has 0 aromatic heterocycles. The lowest BCUT2D eigenvalue weighted by atomic mass is 10.3. The molecule has 0 saturated heterocycles. The van der Waals surface area contributed by atoms with E-state index in [1.165, 1.54) is 6.92 Å². The lowest BCUT2D eigenvalue weighted by Crippen LogP contribution is -2.46. The lowest BCUT2D eigenvalue weighted by molar-refractivity contribution is -0.138. The summed E-state index contributed by atoms with van der Waals surface area (Å²) in [5.74, 6) is -1.04. The Morgan fingerprint density at radius 3 is 2.23 bits per heavy atom. The molecule has 2 amide bonds. The van der Waals surface area contributed by atoms with Gasteiger partial charge in [-0.05, 0) is 20.3 Å². The third-order valence-electron chi connectivity index (χ3n) is 1.71. The van der Waals surface area contributed by atoms with Crippen LogP contribution in [0.3, 0.4) is 0 Å². The summed E-state index contributed by atoms with van der Waals surface area (Å²) in [6.07, 6.45) is 0.814. The van der Waals surface area contributed by atoms with Crippen molar-refractivity contribution in [3.63, 3.8) is 0 Å². The van der Waals surface area contributed by atoms with Gasteiger partial charge in [-0.25, -0.2) is 4.79 Å². The smallest absolute Gasteiger partial charge is 0.325 e. The molecule has 0 heterocycles. The molecule has 1 unspecified atom stereocenters. The molecule has 5 heteroatoms. The van der Waals surface area contributed by atoms with E-state index in [0.717, 1.165) is 6.42 Å². The van der Waals surface area contributed by atoms with Gasteiger partial charge in [0.15, 0.2) is 0 Å². The van der Waals surface area contributed by atoms with Gasteiger partial charge in [0.2, 0.25) is 0 Å². The van der Waals surface area contributed by atoms with E-state index in [4.69, 9.17) is 5.11 Å². The average Bonchev–Trinajstić information content (AvgIpc) is 2.03. The average molecular weight is 188 g/mol. The second-order valence-corrected chi connectivity index (χ2v) is 2.99. The summed E-state index contributed by atoms with van der Waals surface area (Å²) in [5, 5.41) is 13.4. The Hall–Kier alpha value is -1.26. The Balaban J connectivity index is 3.81. The van der Waals surface area contributed by atoms with Gasteiger partial charge in [-0.1, -0.05) is 6.92 Å². The minimum atomic E-state index is -1.04. The predicted molar refractivity (Wildman–Crippen MR) is 48.5 cm³/mol. The molecule has 0 aliphatic heterocycles. The quantitative estimate of drug-likeness (QED) is 0.603. The number of hydrogen-bond donors (Lipinski definition) is 3. The van der Waals surface area contributed by atoms with Crippen LogP contribution in [-0.4, -0.2) is 29.2 Å². The highest BCUT2D eigenvalue weighted by atomic mass is 16.4. The van der Waals surface area contributed by atoms with Crippen molar-refractivity contribution < 1.29 is 14.7 Å². The zero-order chi connectivity index (χ0) is 10.4. The van der Waals surface area contributed by atoms with Crippen LogP contribution in [0.1, 0.15) is 27.2 Å². The third-order valence-corrected chi connectivity index (χ3v) is 1.71. The Bertz CT molecular complexity index is 194. The summed E-state index contributed by atoms with van der Waals surface area (Å²) in [4.78, 5) is 21.4. The normalized spacial score (nSPS) is 14.4. The number of hydrogen-bond acceptors (Lipinski definition) is 2. The van der Waals surface area contributed by atoms with Crippen LogP contribution in [-0.2, 0) is 4.79 Å². The van der Waals surface area contributed by atoms with E-state index in [2.05, 4.69) is 10.6 Å². The van der Waals surface area contributed by atoms with E-state index < -0.39 is 18.0 Å². The maximum absolute atomic E-state index is 11.0. The number of urea groups is 1. The van der Waals surface area contributed by atoms with E-state index in [0.29, 0.717) is 0 Å². The van der Waals surface area contributed by atoms with E-state index in [1.807, 2.05) is 13.8 Å². The number of carboxylic acids is 1. The van der Waals surface area contributed by atoms with Crippen molar-refractivity contribution in [1.82, 2.24) is 10.6 Å². The zero-order valence-electron chi connectivity index (χ0n) is 8.13. The molecule has 0 aliphatic rings. The fourth-order valence-electron chi connectivity index (χ4n) is 0.626. The number of rotatable bonds is 4. The second kappa shape index (κ2) is 5.40. The van der Waals surface area contributed by atoms with Crippen LogP contribution in [0.15, 0.2) is 0 Å². The molecule has 0 fully saturated rings. The molecule has 3 N–H and O–H groups in total. The summed E-state index contributed by atoms with van der Waals surface area (Å²) in [6, 6.07) is -1.24.